The Morgan fingerprint density at radius 3 is 2.85 bits per heavy atom. The highest BCUT2D eigenvalue weighted by Crippen LogP contribution is 2.46. The first-order chi connectivity index (χ1) is 9.72. The lowest BCUT2D eigenvalue weighted by Gasteiger charge is -2.11. The Balaban J connectivity index is 2.15. The van der Waals surface area contributed by atoms with Gasteiger partial charge in [0.2, 0.25) is 0 Å². The molecule has 0 amide bonds. The molecule has 0 saturated heterocycles. The van der Waals surface area contributed by atoms with Gasteiger partial charge in [-0.1, -0.05) is 35.3 Å². The maximum absolute atomic E-state index is 6.31. The third-order valence-electron chi connectivity index (χ3n) is 2.81. The molecule has 0 aliphatic carbocycles. The van der Waals surface area contributed by atoms with Crippen molar-refractivity contribution in [3.63, 3.8) is 0 Å². The van der Waals surface area contributed by atoms with Gasteiger partial charge in [0.15, 0.2) is 0 Å². The van der Waals surface area contributed by atoms with E-state index in [0.717, 1.165) is 23.6 Å². The second kappa shape index (κ2) is 5.61. The molecular weight excluding hydrogens is 319 g/mol. The molecule has 2 heterocycles. The Hall–Kier alpha value is -1.28. The van der Waals surface area contributed by atoms with Crippen LogP contribution in [0.3, 0.4) is 0 Å². The van der Waals surface area contributed by atoms with E-state index < -0.39 is 0 Å². The highest BCUT2D eigenvalue weighted by Gasteiger charge is 2.22. The van der Waals surface area contributed by atoms with Crippen LogP contribution in [0.2, 0.25) is 10.0 Å². The van der Waals surface area contributed by atoms with Gasteiger partial charge >= 0.3 is 0 Å². The average Bonchev–Trinajstić information content (AvgIpc) is 3.06. The van der Waals surface area contributed by atoms with Crippen LogP contribution in [0.15, 0.2) is 21.0 Å². The average molecular weight is 329 g/mol. The van der Waals surface area contributed by atoms with Gasteiger partial charge in [-0.25, -0.2) is 4.68 Å². The van der Waals surface area contributed by atoms with Crippen LogP contribution >= 0.6 is 23.2 Å². The number of fused-ring (bicyclic) bond motifs is 1. The number of nitrogens with zero attached hydrogens (tertiary/aromatic N) is 5. The molecule has 0 atom stereocenters. The summed E-state index contributed by atoms with van der Waals surface area (Å²) in [6.45, 7) is 3.53. The lowest BCUT2D eigenvalue weighted by atomic mass is 10.2. The Morgan fingerprint density at radius 1 is 1.25 bits per heavy atom. The number of benzene rings is 1. The van der Waals surface area contributed by atoms with Crippen molar-refractivity contribution in [2.24, 2.45) is 8.73 Å². The van der Waals surface area contributed by atoms with Crippen molar-refractivity contribution in [2.45, 2.75) is 13.5 Å². The van der Waals surface area contributed by atoms with E-state index in [2.05, 4.69) is 24.4 Å². The zero-order valence-corrected chi connectivity index (χ0v) is 12.8. The smallest absolute Gasteiger partial charge is 0.133 e. The molecule has 6 nitrogen and oxygen atoms in total. The normalized spacial score (nSPS) is 12.6. The van der Waals surface area contributed by atoms with E-state index >= 15 is 0 Å². The molecule has 104 valence electrons. The molecule has 1 aromatic heterocycles. The fourth-order valence-corrected chi connectivity index (χ4v) is 3.07. The van der Waals surface area contributed by atoms with Gasteiger partial charge in [0, 0.05) is 6.54 Å². The third-order valence-corrected chi connectivity index (χ3v) is 3.91. The predicted octanol–water partition coefficient (Wildman–Crippen LogP) is 3.41. The van der Waals surface area contributed by atoms with Crippen LogP contribution in [0.5, 0.6) is 0 Å². The zero-order valence-electron chi connectivity index (χ0n) is 10.5. The summed E-state index contributed by atoms with van der Waals surface area (Å²) in [4.78, 5) is 0. The Labute approximate surface area is 129 Å². The summed E-state index contributed by atoms with van der Waals surface area (Å²) < 4.78 is 10.1. The van der Waals surface area contributed by atoms with Crippen LogP contribution in [0.4, 0.5) is 11.4 Å². The number of halogens is 2. The van der Waals surface area contributed by atoms with E-state index in [1.165, 1.54) is 0 Å². The molecule has 1 aliphatic heterocycles. The maximum atomic E-state index is 6.31. The molecule has 0 radical (unpaired) electrons. The maximum Gasteiger partial charge on any atom is 0.133 e. The Bertz CT molecular complexity index is 735. The summed E-state index contributed by atoms with van der Waals surface area (Å²) >= 11 is 13.5. The molecule has 1 aliphatic rings. The zero-order chi connectivity index (χ0) is 14.1. The van der Waals surface area contributed by atoms with Gasteiger partial charge in [-0.2, -0.15) is 8.73 Å². The Morgan fingerprint density at radius 2 is 2.05 bits per heavy atom. The highest BCUT2D eigenvalue weighted by atomic mass is 35.5. The van der Waals surface area contributed by atoms with Crippen LogP contribution in [-0.4, -0.2) is 21.5 Å². The van der Waals surface area contributed by atoms with Crippen molar-refractivity contribution in [2.75, 3.05) is 6.54 Å². The topological polar surface area (TPSA) is 67.5 Å². The summed E-state index contributed by atoms with van der Waals surface area (Å²) in [5, 5.41) is 12.2. The first-order valence-corrected chi connectivity index (χ1v) is 7.42. The molecule has 2 aromatic rings. The molecular formula is C11H10Cl2N6S. The van der Waals surface area contributed by atoms with E-state index in [0.29, 0.717) is 33.7 Å². The second-order valence-electron chi connectivity index (χ2n) is 4.07. The first-order valence-electron chi connectivity index (χ1n) is 5.93. The number of nitrogens with one attached hydrogen (secondary N) is 1. The van der Waals surface area contributed by atoms with E-state index in [-0.39, 0.29) is 0 Å². The molecule has 0 saturated carbocycles. The van der Waals surface area contributed by atoms with Crippen LogP contribution in [0.25, 0.3) is 5.69 Å². The molecule has 20 heavy (non-hydrogen) atoms. The van der Waals surface area contributed by atoms with Crippen molar-refractivity contribution in [1.29, 1.82) is 0 Å². The molecule has 0 spiro atoms. The van der Waals surface area contributed by atoms with Crippen LogP contribution < -0.4 is 5.32 Å². The van der Waals surface area contributed by atoms with E-state index in [9.17, 15) is 0 Å². The first kappa shape index (κ1) is 13.7. The summed E-state index contributed by atoms with van der Waals surface area (Å²) in [7, 11) is 0. The van der Waals surface area contributed by atoms with E-state index in [1.807, 2.05) is 6.92 Å². The van der Waals surface area contributed by atoms with E-state index in [4.69, 9.17) is 23.2 Å². The number of hydrogen-bond donors (Lipinski definition) is 1. The van der Waals surface area contributed by atoms with E-state index in [1.54, 1.807) is 16.9 Å². The minimum atomic E-state index is 0.471. The quantitative estimate of drug-likeness (QED) is 0.797. The highest BCUT2D eigenvalue weighted by molar-refractivity contribution is 7.58. The second-order valence-corrected chi connectivity index (χ2v) is 5.41. The third kappa shape index (κ3) is 2.26. The summed E-state index contributed by atoms with van der Waals surface area (Å²) in [6, 6.07) is 1.65. The van der Waals surface area contributed by atoms with Crippen LogP contribution in [0.1, 0.15) is 12.6 Å². The summed E-state index contributed by atoms with van der Waals surface area (Å²) in [6.07, 6.45) is 1.69. The lowest BCUT2D eigenvalue weighted by Crippen LogP contribution is -2.15. The van der Waals surface area contributed by atoms with Crippen molar-refractivity contribution in [3.05, 3.63) is 28.0 Å². The van der Waals surface area contributed by atoms with Crippen molar-refractivity contribution in [3.8, 4) is 5.69 Å². The molecule has 3 rings (SSSR count). The predicted molar refractivity (Wildman–Crippen MR) is 80.3 cm³/mol. The van der Waals surface area contributed by atoms with Crippen molar-refractivity contribution >= 4 is 45.9 Å². The standard InChI is InChI=1S/C11H10Cl2N6S/c1-2-14-4-6-5-15-18-19(6)11-8(13)3-7(12)9-10(11)17-20-16-9/h3,5,14H,2,4H2,1H3. The van der Waals surface area contributed by atoms with Gasteiger partial charge in [0.25, 0.3) is 0 Å². The molecule has 0 bridgehead atoms. The van der Waals surface area contributed by atoms with Gasteiger partial charge in [0.05, 0.1) is 33.3 Å². The number of hydrogen-bond acceptors (Lipinski definition) is 5. The van der Waals surface area contributed by atoms with Crippen molar-refractivity contribution in [1.82, 2.24) is 20.3 Å². The summed E-state index contributed by atoms with van der Waals surface area (Å²) in [5.41, 5.74) is 2.81. The van der Waals surface area contributed by atoms with Gasteiger partial charge in [0.1, 0.15) is 17.1 Å². The monoisotopic (exact) mass is 328 g/mol. The number of aromatic nitrogens is 3. The summed E-state index contributed by atoms with van der Waals surface area (Å²) in [5.74, 6) is 0. The van der Waals surface area contributed by atoms with Crippen molar-refractivity contribution < 1.29 is 0 Å². The van der Waals surface area contributed by atoms with Gasteiger partial charge in [-0.05, 0) is 12.6 Å². The van der Waals surface area contributed by atoms with Gasteiger partial charge in [-0.15, -0.1) is 5.10 Å². The fourth-order valence-electron chi connectivity index (χ4n) is 1.88. The molecule has 0 unspecified atom stereocenters. The molecule has 0 fully saturated rings. The molecule has 1 aromatic carbocycles. The van der Waals surface area contributed by atoms with Crippen LogP contribution in [0, 0.1) is 0 Å². The fraction of sp³-hybridized carbons (Fsp3) is 0.273. The lowest BCUT2D eigenvalue weighted by molar-refractivity contribution is 0.673. The Kier molecular flexibility index (Phi) is 3.84. The minimum Gasteiger partial charge on any atom is -0.311 e. The largest absolute Gasteiger partial charge is 0.311 e. The molecule has 1 N–H and O–H groups in total. The van der Waals surface area contributed by atoms with Gasteiger partial charge in [-0.3, -0.25) is 0 Å². The van der Waals surface area contributed by atoms with Gasteiger partial charge < -0.3 is 5.32 Å². The molecule has 9 heteroatoms. The number of rotatable bonds is 4. The minimum absolute atomic E-state index is 0.471. The SMILES string of the molecule is CCNCc1cnnn1-c1c(Cl)cc(Cl)c2c1N=S=N2. The van der Waals surface area contributed by atoms with Crippen LogP contribution in [-0.2, 0) is 17.9 Å².